The lowest BCUT2D eigenvalue weighted by atomic mass is 10.5. The molecule has 0 aromatic carbocycles. The van der Waals surface area contributed by atoms with Crippen LogP contribution in [0.3, 0.4) is 0 Å². The van der Waals surface area contributed by atoms with E-state index >= 15 is 0 Å². The number of nitrogens with one attached hydrogen (secondary N) is 1. The van der Waals surface area contributed by atoms with Crippen LogP contribution in [0.2, 0.25) is 0 Å². The molecule has 1 nitrogen and oxygen atoms in total. The summed E-state index contributed by atoms with van der Waals surface area (Å²) in [6.45, 7) is 8.71. The van der Waals surface area contributed by atoms with Gasteiger partial charge in [0.2, 0.25) is 0 Å². The van der Waals surface area contributed by atoms with Crippen LogP contribution < -0.4 is 5.32 Å². The van der Waals surface area contributed by atoms with Gasteiger partial charge in [-0.25, -0.2) is 0 Å². The van der Waals surface area contributed by atoms with Gasteiger partial charge in [0.1, 0.15) is 0 Å². The van der Waals surface area contributed by atoms with Crippen LogP contribution in [0.25, 0.3) is 0 Å². The highest BCUT2D eigenvalue weighted by Gasteiger charge is 1.80. The molecule has 0 saturated carbocycles. The highest BCUT2D eigenvalue weighted by Crippen LogP contribution is 1.89. The van der Waals surface area contributed by atoms with Crippen LogP contribution in [0.4, 0.5) is 0 Å². The Balaban J connectivity index is 2.93. The van der Waals surface area contributed by atoms with Crippen molar-refractivity contribution in [3.63, 3.8) is 0 Å². The predicted molar refractivity (Wildman–Crippen MR) is 41.2 cm³/mol. The monoisotopic (exact) mass is 129 g/mol. The van der Waals surface area contributed by atoms with Crippen LogP contribution in [0.1, 0.15) is 0 Å². The minimum absolute atomic E-state index is 0.759. The number of hydrogen-bond acceptors (Lipinski definition) is 2. The van der Waals surface area contributed by atoms with E-state index in [1.807, 2.05) is 0 Å². The molecule has 0 aliphatic rings. The van der Waals surface area contributed by atoms with Gasteiger partial charge < -0.3 is 5.32 Å². The molecule has 0 aliphatic heterocycles. The van der Waals surface area contributed by atoms with Crippen molar-refractivity contribution in [3.05, 3.63) is 24.1 Å². The first kappa shape index (κ1) is 7.79. The minimum Gasteiger partial charge on any atom is -0.309 e. The third kappa shape index (κ3) is 5.79. The van der Waals surface area contributed by atoms with E-state index in [9.17, 15) is 0 Å². The second-order valence-electron chi connectivity index (χ2n) is 1.49. The lowest BCUT2D eigenvalue weighted by Gasteiger charge is -1.96. The predicted octanol–water partition coefficient (Wildman–Crippen LogP) is 1.21. The van der Waals surface area contributed by atoms with E-state index in [0.717, 1.165) is 18.0 Å². The molecule has 8 heavy (non-hydrogen) atoms. The van der Waals surface area contributed by atoms with Gasteiger partial charge >= 0.3 is 0 Å². The van der Waals surface area contributed by atoms with Gasteiger partial charge in [-0.3, -0.25) is 0 Å². The van der Waals surface area contributed by atoms with Crippen molar-refractivity contribution < 1.29 is 0 Å². The number of rotatable bonds is 4. The Morgan fingerprint density at radius 3 is 2.75 bits per heavy atom. The van der Waals surface area contributed by atoms with E-state index in [1.54, 1.807) is 6.08 Å². The summed E-state index contributed by atoms with van der Waals surface area (Å²) in [6, 6.07) is 0. The maximum Gasteiger partial charge on any atom is 0.0259 e. The highest BCUT2D eigenvalue weighted by molar-refractivity contribution is 7.84. The highest BCUT2D eigenvalue weighted by atomic mass is 32.1. The molecular formula is C6H11NS. The van der Waals surface area contributed by atoms with Crippen molar-refractivity contribution >= 4 is 12.6 Å². The second-order valence-corrected chi connectivity index (χ2v) is 2.12. The van der Waals surface area contributed by atoms with Crippen LogP contribution in [0.5, 0.6) is 0 Å². The molecule has 0 bridgehead atoms. The van der Waals surface area contributed by atoms with Gasteiger partial charge in [0.25, 0.3) is 0 Å². The molecule has 0 unspecified atom stereocenters. The van der Waals surface area contributed by atoms with Gasteiger partial charge in [-0.1, -0.05) is 12.7 Å². The molecule has 0 rings (SSSR count). The summed E-state index contributed by atoms with van der Waals surface area (Å²) in [6.07, 6.45) is 1.80. The maximum absolute atomic E-state index is 3.98. The number of hydrogen-bond donors (Lipinski definition) is 2. The Morgan fingerprint density at radius 1 is 1.75 bits per heavy atom. The first-order chi connectivity index (χ1) is 3.77. The Bertz CT molecular complexity index is 88.5. The maximum atomic E-state index is 3.98. The number of thiol groups is 1. The lowest BCUT2D eigenvalue weighted by Crippen LogP contribution is -2.14. The average molecular weight is 129 g/mol. The summed E-state index contributed by atoms with van der Waals surface area (Å²) in [4.78, 5) is 0.854. The molecule has 46 valence electrons. The average Bonchev–Trinajstić information content (AvgIpc) is 1.66. The van der Waals surface area contributed by atoms with Crippen LogP contribution in [-0.4, -0.2) is 13.1 Å². The summed E-state index contributed by atoms with van der Waals surface area (Å²) in [7, 11) is 0. The standard InChI is InChI=1S/C6H11NS/c1-3-4-7-5-6(2)8/h3,7-8H,1-2,4-5H2. The molecule has 0 fully saturated rings. The zero-order valence-electron chi connectivity index (χ0n) is 4.85. The summed E-state index contributed by atoms with van der Waals surface area (Å²) in [5.74, 6) is 0. The first-order valence-electron chi connectivity index (χ1n) is 2.45. The molecule has 0 spiro atoms. The zero-order valence-corrected chi connectivity index (χ0v) is 5.75. The molecule has 0 aromatic rings. The fourth-order valence-electron chi connectivity index (χ4n) is 0.319. The molecule has 0 atom stereocenters. The van der Waals surface area contributed by atoms with Gasteiger partial charge in [-0.05, 0) is 4.91 Å². The van der Waals surface area contributed by atoms with Crippen molar-refractivity contribution in [2.45, 2.75) is 0 Å². The molecular weight excluding hydrogens is 118 g/mol. The molecule has 0 aromatic heterocycles. The Morgan fingerprint density at radius 2 is 2.38 bits per heavy atom. The molecule has 0 heterocycles. The summed E-state index contributed by atoms with van der Waals surface area (Å²) < 4.78 is 0. The summed E-state index contributed by atoms with van der Waals surface area (Å²) in [5, 5.41) is 3.04. The van der Waals surface area contributed by atoms with Crippen molar-refractivity contribution in [2.75, 3.05) is 13.1 Å². The van der Waals surface area contributed by atoms with Gasteiger partial charge in [0, 0.05) is 13.1 Å². The van der Waals surface area contributed by atoms with Crippen molar-refractivity contribution in [1.82, 2.24) is 5.32 Å². The fraction of sp³-hybridized carbons (Fsp3) is 0.333. The van der Waals surface area contributed by atoms with Crippen molar-refractivity contribution in [1.29, 1.82) is 0 Å². The summed E-state index contributed by atoms with van der Waals surface area (Å²) in [5.41, 5.74) is 0. The van der Waals surface area contributed by atoms with Crippen LogP contribution in [0.15, 0.2) is 24.1 Å². The SMILES string of the molecule is C=CCNCC(=C)S. The molecule has 2 heteroatoms. The Labute approximate surface area is 55.9 Å². The van der Waals surface area contributed by atoms with E-state index in [0.29, 0.717) is 0 Å². The Kier molecular flexibility index (Phi) is 4.81. The van der Waals surface area contributed by atoms with Gasteiger partial charge in [-0.15, -0.1) is 19.2 Å². The third-order valence-corrected chi connectivity index (χ3v) is 0.776. The van der Waals surface area contributed by atoms with E-state index in [-0.39, 0.29) is 0 Å². The van der Waals surface area contributed by atoms with E-state index < -0.39 is 0 Å². The quantitative estimate of drug-likeness (QED) is 0.330. The third-order valence-electron chi connectivity index (χ3n) is 0.618. The molecule has 0 amide bonds. The van der Waals surface area contributed by atoms with Crippen molar-refractivity contribution in [3.8, 4) is 0 Å². The van der Waals surface area contributed by atoms with Crippen LogP contribution in [-0.2, 0) is 0 Å². The summed E-state index contributed by atoms with van der Waals surface area (Å²) >= 11 is 3.98. The fourth-order valence-corrected chi connectivity index (χ4v) is 0.430. The van der Waals surface area contributed by atoms with E-state index in [2.05, 4.69) is 31.1 Å². The zero-order chi connectivity index (χ0) is 6.41. The van der Waals surface area contributed by atoms with E-state index in [4.69, 9.17) is 0 Å². The Hall–Kier alpha value is -0.210. The molecule has 0 aliphatic carbocycles. The largest absolute Gasteiger partial charge is 0.309 e. The topological polar surface area (TPSA) is 12.0 Å². The minimum atomic E-state index is 0.759. The first-order valence-corrected chi connectivity index (χ1v) is 2.90. The smallest absolute Gasteiger partial charge is 0.0259 e. The lowest BCUT2D eigenvalue weighted by molar-refractivity contribution is 0.840. The molecule has 0 saturated heterocycles. The van der Waals surface area contributed by atoms with Crippen LogP contribution in [0, 0.1) is 0 Å². The van der Waals surface area contributed by atoms with Gasteiger partial charge in [0.05, 0.1) is 0 Å². The second kappa shape index (κ2) is 4.94. The van der Waals surface area contributed by atoms with Crippen molar-refractivity contribution in [2.24, 2.45) is 0 Å². The van der Waals surface area contributed by atoms with Gasteiger partial charge in [0.15, 0.2) is 0 Å². The van der Waals surface area contributed by atoms with E-state index in [1.165, 1.54) is 0 Å². The molecule has 1 N–H and O–H groups in total. The van der Waals surface area contributed by atoms with Crippen LogP contribution >= 0.6 is 12.6 Å². The van der Waals surface area contributed by atoms with Gasteiger partial charge in [-0.2, -0.15) is 0 Å². The molecule has 0 radical (unpaired) electrons. The normalized spacial score (nSPS) is 8.62.